The molecule has 3 nitrogen and oxygen atoms in total. The predicted octanol–water partition coefficient (Wildman–Crippen LogP) is 2.61. The molecular weight excluding hydrogens is 224 g/mol. The minimum atomic E-state index is 0.0886. The molecule has 2 aliphatic carbocycles. The van der Waals surface area contributed by atoms with E-state index in [9.17, 15) is 4.79 Å². The number of carbonyl (C=O) groups is 1. The normalized spacial score (nSPS) is 34.4. The second kappa shape index (κ2) is 4.22. The summed E-state index contributed by atoms with van der Waals surface area (Å²) in [5, 5.41) is 3.64. The molecule has 0 aromatic carbocycles. The lowest BCUT2D eigenvalue weighted by atomic mass is 9.76. The molecule has 0 spiro atoms. The van der Waals surface area contributed by atoms with Gasteiger partial charge in [-0.2, -0.15) is 0 Å². The number of nitrogens with zero attached hydrogens (tertiary/aromatic N) is 1. The average Bonchev–Trinajstić information content (AvgIpc) is 2.46. The molecule has 0 aromatic rings. The van der Waals surface area contributed by atoms with Crippen molar-refractivity contribution in [3.63, 3.8) is 0 Å². The summed E-state index contributed by atoms with van der Waals surface area (Å²) in [7, 11) is 0. The van der Waals surface area contributed by atoms with E-state index < -0.39 is 0 Å². The van der Waals surface area contributed by atoms with Crippen LogP contribution in [0.2, 0.25) is 0 Å². The van der Waals surface area contributed by atoms with Gasteiger partial charge in [0.1, 0.15) is 0 Å². The van der Waals surface area contributed by atoms with Crippen molar-refractivity contribution >= 4 is 12.0 Å². The lowest BCUT2D eigenvalue weighted by Crippen LogP contribution is -2.42. The van der Waals surface area contributed by atoms with Gasteiger partial charge in [-0.25, -0.2) is 0 Å². The Kier molecular flexibility index (Phi) is 2.80. The van der Waals surface area contributed by atoms with Gasteiger partial charge in [0.25, 0.3) is 0 Å². The summed E-state index contributed by atoms with van der Waals surface area (Å²) in [4.78, 5) is 16.9. The predicted molar refractivity (Wildman–Crippen MR) is 72.7 cm³/mol. The minimum absolute atomic E-state index is 0.0886. The van der Waals surface area contributed by atoms with Crippen LogP contribution in [0.4, 0.5) is 0 Å². The summed E-state index contributed by atoms with van der Waals surface area (Å²) >= 11 is 0. The maximum absolute atomic E-state index is 12.2. The first-order chi connectivity index (χ1) is 8.55. The Balaban J connectivity index is 1.92. The van der Waals surface area contributed by atoms with Gasteiger partial charge < -0.3 is 5.32 Å². The minimum Gasteiger partial charge on any atom is -0.383 e. The summed E-state index contributed by atoms with van der Waals surface area (Å²) in [6.07, 6.45) is 8.38. The zero-order chi connectivity index (χ0) is 12.8. The van der Waals surface area contributed by atoms with Crippen LogP contribution in [0.25, 0.3) is 0 Å². The highest BCUT2D eigenvalue weighted by molar-refractivity contribution is 6.14. The molecule has 18 heavy (non-hydrogen) atoms. The van der Waals surface area contributed by atoms with Crippen LogP contribution in [0.1, 0.15) is 52.4 Å². The van der Waals surface area contributed by atoms with E-state index in [4.69, 9.17) is 0 Å². The third-order valence-corrected chi connectivity index (χ3v) is 4.40. The molecule has 3 rings (SSSR count). The van der Waals surface area contributed by atoms with Crippen LogP contribution in [0.3, 0.4) is 0 Å². The highest BCUT2D eigenvalue weighted by atomic mass is 16.1. The fourth-order valence-corrected chi connectivity index (χ4v) is 3.47. The van der Waals surface area contributed by atoms with Gasteiger partial charge in [-0.1, -0.05) is 26.7 Å². The summed E-state index contributed by atoms with van der Waals surface area (Å²) < 4.78 is 0. The number of ketones is 1. The molecule has 1 fully saturated rings. The number of hydrogen-bond donors (Lipinski definition) is 1. The molecule has 3 heteroatoms. The summed E-state index contributed by atoms with van der Waals surface area (Å²) in [5.41, 5.74) is 2.09. The van der Waals surface area contributed by atoms with E-state index in [1.807, 2.05) is 6.21 Å². The van der Waals surface area contributed by atoms with E-state index in [2.05, 4.69) is 24.2 Å². The molecule has 0 radical (unpaired) electrons. The fraction of sp³-hybridized carbons (Fsp3) is 0.733. The lowest BCUT2D eigenvalue weighted by molar-refractivity contribution is -0.117. The molecule has 1 N–H and O–H groups in total. The molecular formula is C15H22N2O. The van der Waals surface area contributed by atoms with Crippen molar-refractivity contribution in [2.45, 2.75) is 64.5 Å². The van der Waals surface area contributed by atoms with E-state index >= 15 is 0 Å². The van der Waals surface area contributed by atoms with Crippen molar-refractivity contribution in [1.29, 1.82) is 0 Å². The number of rotatable bonds is 0. The fourth-order valence-electron chi connectivity index (χ4n) is 3.47. The van der Waals surface area contributed by atoms with Crippen molar-refractivity contribution in [2.75, 3.05) is 0 Å². The zero-order valence-electron chi connectivity index (χ0n) is 11.3. The highest BCUT2D eigenvalue weighted by Gasteiger charge is 2.36. The Morgan fingerprint density at radius 3 is 2.89 bits per heavy atom. The number of hydrogen-bond acceptors (Lipinski definition) is 3. The Hall–Kier alpha value is -1.12. The molecule has 98 valence electrons. The monoisotopic (exact) mass is 246 g/mol. The second-order valence-corrected chi connectivity index (χ2v) is 6.71. The summed E-state index contributed by atoms with van der Waals surface area (Å²) in [5.74, 6) is 0.260. The largest absolute Gasteiger partial charge is 0.383 e. The molecule has 3 aliphatic rings. The SMILES string of the molecule is CC1(C)CC(=O)C2=C(C1)NC1CCCCC1N=C2. The van der Waals surface area contributed by atoms with Gasteiger partial charge in [0, 0.05) is 24.4 Å². The van der Waals surface area contributed by atoms with Gasteiger partial charge in [0.15, 0.2) is 5.78 Å². The standard InChI is InChI=1S/C15H22N2O/c1-15(2)7-13-10(14(18)8-15)9-16-11-5-3-4-6-12(11)17-13/h9,11-12,17H,3-8H2,1-2H3. The zero-order valence-corrected chi connectivity index (χ0v) is 11.3. The number of nitrogens with one attached hydrogen (secondary N) is 1. The average molecular weight is 246 g/mol. The maximum Gasteiger partial charge on any atom is 0.166 e. The van der Waals surface area contributed by atoms with Crippen molar-refractivity contribution in [3.8, 4) is 0 Å². The first-order valence-electron chi connectivity index (χ1n) is 7.11. The van der Waals surface area contributed by atoms with Crippen molar-refractivity contribution < 1.29 is 4.79 Å². The Bertz CT molecular complexity index is 434. The van der Waals surface area contributed by atoms with Gasteiger partial charge in [0.2, 0.25) is 0 Å². The van der Waals surface area contributed by atoms with Crippen molar-refractivity contribution in [3.05, 3.63) is 11.3 Å². The molecule has 0 bridgehead atoms. The van der Waals surface area contributed by atoms with Crippen molar-refractivity contribution in [2.24, 2.45) is 10.4 Å². The molecule has 2 atom stereocenters. The van der Waals surface area contributed by atoms with Gasteiger partial charge in [0.05, 0.1) is 11.6 Å². The van der Waals surface area contributed by atoms with Crippen LogP contribution in [-0.4, -0.2) is 24.1 Å². The quantitative estimate of drug-likeness (QED) is 0.714. The van der Waals surface area contributed by atoms with Crippen LogP contribution in [0, 0.1) is 5.41 Å². The second-order valence-electron chi connectivity index (χ2n) is 6.71. The number of allylic oxidation sites excluding steroid dienone is 2. The third kappa shape index (κ3) is 2.11. The Morgan fingerprint density at radius 1 is 1.28 bits per heavy atom. The first-order valence-corrected chi connectivity index (χ1v) is 7.11. The number of carbonyl (C=O) groups excluding carboxylic acids is 1. The maximum atomic E-state index is 12.2. The number of fused-ring (bicyclic) bond motifs is 1. The van der Waals surface area contributed by atoms with Crippen LogP contribution in [0.15, 0.2) is 16.3 Å². The Morgan fingerprint density at radius 2 is 2.06 bits per heavy atom. The number of Topliss-reactive ketones (excluding diaryl/α,β-unsaturated/α-hetero) is 1. The number of aliphatic imine (C=N–C) groups is 1. The molecule has 0 aromatic heterocycles. The molecule has 2 unspecified atom stereocenters. The molecule has 1 heterocycles. The smallest absolute Gasteiger partial charge is 0.166 e. The topological polar surface area (TPSA) is 41.5 Å². The Labute approximate surface area is 109 Å². The van der Waals surface area contributed by atoms with E-state index in [-0.39, 0.29) is 11.2 Å². The van der Waals surface area contributed by atoms with Crippen LogP contribution >= 0.6 is 0 Å². The highest BCUT2D eigenvalue weighted by Crippen LogP contribution is 2.37. The molecule has 1 aliphatic heterocycles. The van der Waals surface area contributed by atoms with Crippen LogP contribution < -0.4 is 5.32 Å². The van der Waals surface area contributed by atoms with Gasteiger partial charge in [-0.05, 0) is 24.7 Å². The first kappa shape index (κ1) is 11.9. The molecule has 0 saturated heterocycles. The van der Waals surface area contributed by atoms with Crippen LogP contribution in [-0.2, 0) is 4.79 Å². The van der Waals surface area contributed by atoms with E-state index in [1.165, 1.54) is 19.3 Å². The molecule has 0 amide bonds. The van der Waals surface area contributed by atoms with Gasteiger partial charge >= 0.3 is 0 Å². The van der Waals surface area contributed by atoms with Crippen molar-refractivity contribution in [1.82, 2.24) is 5.32 Å². The van der Waals surface area contributed by atoms with E-state index in [1.54, 1.807) is 0 Å². The summed E-state index contributed by atoms with van der Waals surface area (Å²) in [6, 6.07) is 0.824. The van der Waals surface area contributed by atoms with Gasteiger partial charge in [-0.15, -0.1) is 0 Å². The third-order valence-electron chi connectivity index (χ3n) is 4.40. The van der Waals surface area contributed by atoms with Gasteiger partial charge in [-0.3, -0.25) is 9.79 Å². The molecule has 1 saturated carbocycles. The van der Waals surface area contributed by atoms with E-state index in [0.717, 1.165) is 24.1 Å². The summed E-state index contributed by atoms with van der Waals surface area (Å²) in [6.45, 7) is 4.35. The van der Waals surface area contributed by atoms with E-state index in [0.29, 0.717) is 18.5 Å². The lowest BCUT2D eigenvalue weighted by Gasteiger charge is -2.34. The van der Waals surface area contributed by atoms with Crippen LogP contribution in [0.5, 0.6) is 0 Å².